The Bertz CT molecular complexity index is 653. The molecule has 0 bridgehead atoms. The first kappa shape index (κ1) is 15.3. The van der Waals surface area contributed by atoms with Crippen molar-refractivity contribution in [3.8, 4) is 11.8 Å². The molecule has 4 heteroatoms. The molecule has 21 heavy (non-hydrogen) atoms. The van der Waals surface area contributed by atoms with Gasteiger partial charge in [0.05, 0.1) is 6.54 Å². The molecule has 0 radical (unpaired) electrons. The summed E-state index contributed by atoms with van der Waals surface area (Å²) in [6, 6.07) is 11.5. The van der Waals surface area contributed by atoms with E-state index in [2.05, 4.69) is 23.2 Å². The first-order valence-corrected chi connectivity index (χ1v) is 7.69. The van der Waals surface area contributed by atoms with Gasteiger partial charge in [-0.1, -0.05) is 24.0 Å². The van der Waals surface area contributed by atoms with Crippen molar-refractivity contribution in [3.63, 3.8) is 0 Å². The van der Waals surface area contributed by atoms with Crippen molar-refractivity contribution in [3.05, 3.63) is 57.8 Å². The van der Waals surface area contributed by atoms with Crippen molar-refractivity contribution in [2.75, 3.05) is 6.54 Å². The van der Waals surface area contributed by atoms with Crippen molar-refractivity contribution in [2.24, 2.45) is 5.73 Å². The van der Waals surface area contributed by atoms with Gasteiger partial charge in [-0.05, 0) is 36.6 Å². The molecule has 3 nitrogen and oxygen atoms in total. The van der Waals surface area contributed by atoms with Gasteiger partial charge in [-0.2, -0.15) is 0 Å². The van der Waals surface area contributed by atoms with Crippen molar-refractivity contribution in [2.45, 2.75) is 19.4 Å². The van der Waals surface area contributed by atoms with Crippen molar-refractivity contribution < 1.29 is 4.79 Å². The monoisotopic (exact) mass is 298 g/mol. The maximum Gasteiger partial charge on any atom is 0.251 e. The van der Waals surface area contributed by atoms with Crippen LogP contribution in [0.4, 0.5) is 0 Å². The molecule has 1 aromatic heterocycles. The van der Waals surface area contributed by atoms with E-state index in [9.17, 15) is 4.79 Å². The molecule has 0 fully saturated rings. The third-order valence-electron chi connectivity index (χ3n) is 2.92. The Morgan fingerprint density at radius 1 is 1.38 bits per heavy atom. The minimum Gasteiger partial charge on any atom is -0.349 e. The zero-order valence-electron chi connectivity index (χ0n) is 11.9. The number of nitrogens with one attached hydrogen (secondary N) is 1. The highest BCUT2D eigenvalue weighted by molar-refractivity contribution is 7.09. The predicted molar refractivity (Wildman–Crippen MR) is 87.3 cm³/mol. The van der Waals surface area contributed by atoms with E-state index in [-0.39, 0.29) is 11.9 Å². The number of hydrogen-bond acceptors (Lipinski definition) is 3. The Hall–Kier alpha value is -2.09. The largest absolute Gasteiger partial charge is 0.349 e. The second-order valence-electron chi connectivity index (χ2n) is 4.74. The lowest BCUT2D eigenvalue weighted by Crippen LogP contribution is -2.33. The molecule has 2 rings (SSSR count). The normalized spacial score (nSPS) is 11.3. The number of hydrogen-bond donors (Lipinski definition) is 2. The third kappa shape index (κ3) is 4.75. The van der Waals surface area contributed by atoms with Crippen LogP contribution in [0.3, 0.4) is 0 Å². The molecular formula is C17H18N2OS. The molecular weight excluding hydrogens is 280 g/mol. The third-order valence-corrected chi connectivity index (χ3v) is 3.82. The highest BCUT2D eigenvalue weighted by atomic mass is 32.1. The summed E-state index contributed by atoms with van der Waals surface area (Å²) in [5.41, 5.74) is 6.78. The Kier molecular flexibility index (Phi) is 5.56. The number of carbonyl (C=O) groups is 1. The quantitative estimate of drug-likeness (QED) is 0.852. The van der Waals surface area contributed by atoms with E-state index in [0.29, 0.717) is 12.1 Å². The Morgan fingerprint density at radius 2 is 2.24 bits per heavy atom. The average Bonchev–Trinajstić information content (AvgIpc) is 2.98. The summed E-state index contributed by atoms with van der Waals surface area (Å²) in [6.45, 7) is 2.32. The lowest BCUT2D eigenvalue weighted by Gasteiger charge is -2.13. The Morgan fingerprint density at radius 3 is 2.95 bits per heavy atom. The lowest BCUT2D eigenvalue weighted by atomic mass is 10.1. The van der Waals surface area contributed by atoms with Crippen LogP contribution < -0.4 is 11.1 Å². The van der Waals surface area contributed by atoms with Crippen LogP contribution in [0.5, 0.6) is 0 Å². The smallest absolute Gasteiger partial charge is 0.251 e. The highest BCUT2D eigenvalue weighted by Gasteiger charge is 2.10. The summed E-state index contributed by atoms with van der Waals surface area (Å²) in [6.07, 6.45) is 0.843. The topological polar surface area (TPSA) is 55.1 Å². The highest BCUT2D eigenvalue weighted by Crippen LogP contribution is 2.11. The van der Waals surface area contributed by atoms with Crippen LogP contribution in [0, 0.1) is 11.8 Å². The van der Waals surface area contributed by atoms with Gasteiger partial charge in [-0.3, -0.25) is 4.79 Å². The van der Waals surface area contributed by atoms with Gasteiger partial charge in [0.25, 0.3) is 5.91 Å². The lowest BCUT2D eigenvalue weighted by molar-refractivity contribution is 0.0940. The summed E-state index contributed by atoms with van der Waals surface area (Å²) in [5, 5.41) is 5.06. The van der Waals surface area contributed by atoms with Gasteiger partial charge in [0.2, 0.25) is 0 Å². The first-order chi connectivity index (χ1) is 10.2. The van der Waals surface area contributed by atoms with E-state index in [1.54, 1.807) is 23.5 Å². The summed E-state index contributed by atoms with van der Waals surface area (Å²) in [7, 11) is 0. The van der Waals surface area contributed by atoms with E-state index in [4.69, 9.17) is 5.73 Å². The van der Waals surface area contributed by atoms with Crippen LogP contribution in [0.15, 0.2) is 41.8 Å². The molecule has 0 spiro atoms. The van der Waals surface area contributed by atoms with Gasteiger partial charge in [-0.25, -0.2) is 0 Å². The maximum absolute atomic E-state index is 12.2. The first-order valence-electron chi connectivity index (χ1n) is 6.81. The van der Waals surface area contributed by atoms with Crippen LogP contribution in [-0.2, 0) is 6.42 Å². The van der Waals surface area contributed by atoms with Gasteiger partial charge in [0.1, 0.15) is 0 Å². The molecule has 1 aromatic carbocycles. The number of nitrogens with two attached hydrogens (primary N) is 1. The zero-order valence-corrected chi connectivity index (χ0v) is 12.7. The number of rotatable bonds is 4. The second-order valence-corrected chi connectivity index (χ2v) is 5.78. The minimum atomic E-state index is -0.0737. The van der Waals surface area contributed by atoms with Crippen molar-refractivity contribution in [1.29, 1.82) is 0 Å². The average molecular weight is 298 g/mol. The number of carbonyl (C=O) groups excluding carboxylic acids is 1. The molecule has 1 unspecified atom stereocenters. The molecule has 0 aliphatic rings. The summed E-state index contributed by atoms with van der Waals surface area (Å²) in [5.74, 6) is 5.65. The van der Waals surface area contributed by atoms with Crippen molar-refractivity contribution >= 4 is 17.2 Å². The van der Waals surface area contributed by atoms with Crippen molar-refractivity contribution in [1.82, 2.24) is 5.32 Å². The molecule has 2 aromatic rings. The molecule has 1 atom stereocenters. The molecule has 0 saturated heterocycles. The summed E-state index contributed by atoms with van der Waals surface area (Å²) >= 11 is 1.70. The van der Waals surface area contributed by atoms with Crippen LogP contribution in [-0.4, -0.2) is 18.5 Å². The van der Waals surface area contributed by atoms with Gasteiger partial charge < -0.3 is 11.1 Å². The fourth-order valence-corrected chi connectivity index (χ4v) is 2.82. The molecule has 1 amide bonds. The van der Waals surface area contributed by atoms with Crippen LogP contribution in [0.2, 0.25) is 0 Å². The second kappa shape index (κ2) is 7.63. The number of benzene rings is 1. The molecule has 0 saturated carbocycles. The van der Waals surface area contributed by atoms with Gasteiger partial charge >= 0.3 is 0 Å². The zero-order chi connectivity index (χ0) is 15.1. The summed E-state index contributed by atoms with van der Waals surface area (Å²) in [4.78, 5) is 13.5. The van der Waals surface area contributed by atoms with E-state index in [1.165, 1.54) is 4.88 Å². The van der Waals surface area contributed by atoms with Crippen LogP contribution in [0.1, 0.15) is 27.7 Å². The summed E-state index contributed by atoms with van der Waals surface area (Å²) < 4.78 is 0. The number of thiophene rings is 1. The van der Waals surface area contributed by atoms with E-state index < -0.39 is 0 Å². The van der Waals surface area contributed by atoms with Gasteiger partial charge in [-0.15, -0.1) is 11.3 Å². The molecule has 1 heterocycles. The fraction of sp³-hybridized carbons (Fsp3) is 0.235. The Labute approximate surface area is 129 Å². The maximum atomic E-state index is 12.2. The fourth-order valence-electron chi connectivity index (χ4n) is 1.98. The minimum absolute atomic E-state index is 0.0737. The van der Waals surface area contributed by atoms with Crippen LogP contribution >= 0.6 is 11.3 Å². The van der Waals surface area contributed by atoms with E-state index in [1.807, 2.05) is 30.5 Å². The van der Waals surface area contributed by atoms with Crippen LogP contribution in [0.25, 0.3) is 0 Å². The molecule has 3 N–H and O–H groups in total. The SMILES string of the molecule is CC(Cc1cccs1)NC(=O)c1cccc(C#CCN)c1. The Balaban J connectivity index is 1.99. The van der Waals surface area contributed by atoms with E-state index in [0.717, 1.165) is 12.0 Å². The van der Waals surface area contributed by atoms with Gasteiger partial charge in [0.15, 0.2) is 0 Å². The van der Waals surface area contributed by atoms with E-state index >= 15 is 0 Å². The molecule has 0 aliphatic heterocycles. The van der Waals surface area contributed by atoms with Gasteiger partial charge in [0, 0.05) is 28.5 Å². The molecule has 0 aliphatic carbocycles. The molecule has 108 valence electrons. The predicted octanol–water partition coefficient (Wildman–Crippen LogP) is 2.42. The number of amides is 1. The standard InChI is InChI=1S/C17H18N2OS/c1-13(11-16-8-4-10-21-16)19-17(20)15-7-2-5-14(12-15)6-3-9-18/h2,4-5,7-8,10,12-13H,9,11,18H2,1H3,(H,19,20).